The summed E-state index contributed by atoms with van der Waals surface area (Å²) in [5.74, 6) is 0. The van der Waals surface area contributed by atoms with Crippen LogP contribution >= 0.6 is 0 Å². The van der Waals surface area contributed by atoms with Gasteiger partial charge in [-0.3, -0.25) is 9.97 Å². The summed E-state index contributed by atoms with van der Waals surface area (Å²) in [4.78, 5) is 8.33. The normalized spacial score (nSPS) is 12.3. The van der Waals surface area contributed by atoms with E-state index in [1.807, 2.05) is 24.8 Å². The lowest BCUT2D eigenvalue weighted by molar-refractivity contribution is 0.594. The Hall–Kier alpha value is -1.74. The number of aryl methyl sites for hydroxylation is 1. The van der Waals surface area contributed by atoms with Crippen LogP contribution in [0.3, 0.4) is 0 Å². The minimum atomic E-state index is 0.196. The number of hydrogen-bond acceptors (Lipinski definition) is 3. The van der Waals surface area contributed by atoms with E-state index in [0.29, 0.717) is 0 Å². The molecule has 0 fully saturated rings. The zero-order chi connectivity index (χ0) is 12.8. The van der Waals surface area contributed by atoms with Crippen LogP contribution in [0.25, 0.3) is 0 Å². The first-order valence-corrected chi connectivity index (χ1v) is 6.36. The number of pyridine rings is 2. The maximum absolute atomic E-state index is 4.24. The molecule has 1 unspecified atom stereocenters. The van der Waals surface area contributed by atoms with E-state index in [-0.39, 0.29) is 6.04 Å². The monoisotopic (exact) mass is 241 g/mol. The smallest absolute Gasteiger partial charge is 0.0595 e. The van der Waals surface area contributed by atoms with Gasteiger partial charge in [-0.15, -0.1) is 0 Å². The summed E-state index contributed by atoms with van der Waals surface area (Å²) in [6, 6.07) is 6.36. The molecule has 18 heavy (non-hydrogen) atoms. The van der Waals surface area contributed by atoms with E-state index in [2.05, 4.69) is 47.3 Å². The van der Waals surface area contributed by atoms with Gasteiger partial charge in [0, 0.05) is 24.8 Å². The SMILES string of the molecule is CCCNC(c1ccncc1)c1cnccc1C. The van der Waals surface area contributed by atoms with Gasteiger partial charge in [-0.2, -0.15) is 0 Å². The molecule has 3 nitrogen and oxygen atoms in total. The second-order valence-electron chi connectivity index (χ2n) is 4.40. The fourth-order valence-corrected chi connectivity index (χ4v) is 2.03. The fraction of sp³-hybridized carbons (Fsp3) is 0.333. The first-order chi connectivity index (χ1) is 8.83. The molecule has 2 aromatic rings. The topological polar surface area (TPSA) is 37.8 Å². The van der Waals surface area contributed by atoms with Crippen LogP contribution in [0.15, 0.2) is 43.0 Å². The van der Waals surface area contributed by atoms with Crippen LogP contribution < -0.4 is 5.32 Å². The second kappa shape index (κ2) is 6.26. The molecule has 0 aliphatic rings. The Labute approximate surface area is 108 Å². The second-order valence-corrected chi connectivity index (χ2v) is 4.40. The van der Waals surface area contributed by atoms with Crippen molar-refractivity contribution in [2.75, 3.05) is 6.54 Å². The van der Waals surface area contributed by atoms with Crippen LogP contribution in [0.4, 0.5) is 0 Å². The van der Waals surface area contributed by atoms with Crippen molar-refractivity contribution in [2.24, 2.45) is 0 Å². The molecule has 94 valence electrons. The maximum Gasteiger partial charge on any atom is 0.0595 e. The van der Waals surface area contributed by atoms with Crippen molar-refractivity contribution in [1.29, 1.82) is 0 Å². The summed E-state index contributed by atoms with van der Waals surface area (Å²) in [6.07, 6.45) is 8.57. The Kier molecular flexibility index (Phi) is 4.42. The Morgan fingerprint density at radius 3 is 2.50 bits per heavy atom. The average Bonchev–Trinajstić information content (AvgIpc) is 2.42. The maximum atomic E-state index is 4.24. The van der Waals surface area contributed by atoms with Crippen molar-refractivity contribution >= 4 is 0 Å². The largest absolute Gasteiger partial charge is 0.306 e. The molecule has 0 aromatic carbocycles. The van der Waals surface area contributed by atoms with Crippen molar-refractivity contribution < 1.29 is 0 Å². The Bertz CT molecular complexity index is 482. The highest BCUT2D eigenvalue weighted by Gasteiger charge is 2.15. The van der Waals surface area contributed by atoms with E-state index in [1.54, 1.807) is 0 Å². The van der Waals surface area contributed by atoms with Gasteiger partial charge < -0.3 is 5.32 Å². The third kappa shape index (κ3) is 2.93. The van der Waals surface area contributed by atoms with Crippen molar-refractivity contribution in [3.8, 4) is 0 Å². The molecule has 2 aromatic heterocycles. The highest BCUT2D eigenvalue weighted by molar-refractivity contribution is 5.33. The fourth-order valence-electron chi connectivity index (χ4n) is 2.03. The minimum absolute atomic E-state index is 0.196. The molecule has 0 bridgehead atoms. The molecule has 0 aliphatic heterocycles. The molecule has 3 heteroatoms. The van der Waals surface area contributed by atoms with Crippen LogP contribution in [0.5, 0.6) is 0 Å². The summed E-state index contributed by atoms with van der Waals surface area (Å²) in [5.41, 5.74) is 3.72. The van der Waals surface area contributed by atoms with E-state index in [0.717, 1.165) is 13.0 Å². The molecule has 0 radical (unpaired) electrons. The van der Waals surface area contributed by atoms with Crippen LogP contribution in [0, 0.1) is 6.92 Å². The molecule has 2 rings (SSSR count). The number of aromatic nitrogens is 2. The number of rotatable bonds is 5. The lowest BCUT2D eigenvalue weighted by atomic mass is 9.97. The molecule has 0 aliphatic carbocycles. The Balaban J connectivity index is 2.34. The van der Waals surface area contributed by atoms with E-state index >= 15 is 0 Å². The van der Waals surface area contributed by atoms with Crippen molar-refractivity contribution in [3.05, 3.63) is 59.7 Å². The molecule has 0 spiro atoms. The molecule has 0 amide bonds. The molecule has 2 heterocycles. The van der Waals surface area contributed by atoms with Crippen molar-refractivity contribution in [3.63, 3.8) is 0 Å². The Morgan fingerprint density at radius 1 is 1.11 bits per heavy atom. The third-order valence-corrected chi connectivity index (χ3v) is 3.03. The van der Waals surface area contributed by atoms with E-state index in [9.17, 15) is 0 Å². The van der Waals surface area contributed by atoms with Crippen molar-refractivity contribution in [1.82, 2.24) is 15.3 Å². The molecule has 1 N–H and O–H groups in total. The molecule has 1 atom stereocenters. The molecule has 0 saturated heterocycles. The summed E-state index contributed by atoms with van der Waals surface area (Å²) >= 11 is 0. The first kappa shape index (κ1) is 12.7. The molecular weight excluding hydrogens is 222 g/mol. The van der Waals surface area contributed by atoms with Gasteiger partial charge in [-0.05, 0) is 54.8 Å². The lowest BCUT2D eigenvalue weighted by Gasteiger charge is -2.20. The highest BCUT2D eigenvalue weighted by atomic mass is 14.9. The van der Waals surface area contributed by atoms with Crippen LogP contribution in [-0.4, -0.2) is 16.5 Å². The van der Waals surface area contributed by atoms with E-state index in [1.165, 1.54) is 16.7 Å². The summed E-state index contributed by atoms with van der Waals surface area (Å²) in [5, 5.41) is 3.58. The average molecular weight is 241 g/mol. The summed E-state index contributed by atoms with van der Waals surface area (Å²) in [6.45, 7) is 5.28. The van der Waals surface area contributed by atoms with Gasteiger partial charge in [0.15, 0.2) is 0 Å². The van der Waals surface area contributed by atoms with Crippen molar-refractivity contribution in [2.45, 2.75) is 26.3 Å². The van der Waals surface area contributed by atoms with Gasteiger partial charge in [0.2, 0.25) is 0 Å². The molecule has 0 saturated carbocycles. The summed E-state index contributed by atoms with van der Waals surface area (Å²) < 4.78 is 0. The lowest BCUT2D eigenvalue weighted by Crippen LogP contribution is -2.24. The Morgan fingerprint density at radius 2 is 1.83 bits per heavy atom. The van der Waals surface area contributed by atoms with Gasteiger partial charge in [0.05, 0.1) is 6.04 Å². The highest BCUT2D eigenvalue weighted by Crippen LogP contribution is 2.23. The number of nitrogens with one attached hydrogen (secondary N) is 1. The zero-order valence-corrected chi connectivity index (χ0v) is 10.9. The van der Waals surface area contributed by atoms with Gasteiger partial charge in [-0.1, -0.05) is 6.92 Å². The standard InChI is InChI=1S/C15H19N3/c1-3-7-18-15(13-5-9-16-10-6-13)14-11-17-8-4-12(14)2/h4-6,8-11,15,18H,3,7H2,1-2H3. The quantitative estimate of drug-likeness (QED) is 0.874. The zero-order valence-electron chi connectivity index (χ0n) is 10.9. The van der Waals surface area contributed by atoms with Gasteiger partial charge in [0.25, 0.3) is 0 Å². The van der Waals surface area contributed by atoms with Crippen LogP contribution in [0.2, 0.25) is 0 Å². The third-order valence-electron chi connectivity index (χ3n) is 3.03. The number of nitrogens with zero attached hydrogens (tertiary/aromatic N) is 2. The van der Waals surface area contributed by atoms with Gasteiger partial charge >= 0.3 is 0 Å². The molecular formula is C15H19N3. The summed E-state index contributed by atoms with van der Waals surface area (Å²) in [7, 11) is 0. The van der Waals surface area contributed by atoms with Gasteiger partial charge in [0.1, 0.15) is 0 Å². The van der Waals surface area contributed by atoms with E-state index in [4.69, 9.17) is 0 Å². The first-order valence-electron chi connectivity index (χ1n) is 6.36. The van der Waals surface area contributed by atoms with Crippen LogP contribution in [-0.2, 0) is 0 Å². The van der Waals surface area contributed by atoms with Gasteiger partial charge in [-0.25, -0.2) is 0 Å². The van der Waals surface area contributed by atoms with Crippen LogP contribution in [0.1, 0.15) is 36.1 Å². The predicted molar refractivity (Wildman–Crippen MR) is 73.3 cm³/mol. The minimum Gasteiger partial charge on any atom is -0.306 e. The predicted octanol–water partition coefficient (Wildman–Crippen LogP) is 2.87. The van der Waals surface area contributed by atoms with E-state index < -0.39 is 0 Å². The number of hydrogen-bond donors (Lipinski definition) is 1.